The number of hydrogen-bond acceptors (Lipinski definition) is 6. The molecule has 0 saturated carbocycles. The Balaban J connectivity index is 1.47. The lowest BCUT2D eigenvalue weighted by molar-refractivity contribution is 0.100. The monoisotopic (exact) mass is 441 g/mol. The SMILES string of the molecule is CN1CCN(c2ccc(Nc3nc(Cc4ccccc4)c4[nH]cnc4c3C(N)=O)cc2)CC1. The molecule has 1 aliphatic rings. The number of primary amides is 1. The summed E-state index contributed by atoms with van der Waals surface area (Å²) in [6.07, 6.45) is 2.18. The number of imidazole rings is 1. The number of aromatic amines is 1. The van der Waals surface area contributed by atoms with Crippen molar-refractivity contribution in [3.8, 4) is 0 Å². The number of aromatic nitrogens is 3. The van der Waals surface area contributed by atoms with Crippen molar-refractivity contribution in [1.82, 2.24) is 19.9 Å². The first-order valence-electron chi connectivity index (χ1n) is 11.1. The van der Waals surface area contributed by atoms with Gasteiger partial charge in [0.25, 0.3) is 5.91 Å². The van der Waals surface area contributed by atoms with E-state index >= 15 is 0 Å². The number of carbonyl (C=O) groups excluding carboxylic acids is 1. The molecule has 0 atom stereocenters. The lowest BCUT2D eigenvalue weighted by atomic mass is 10.1. The molecule has 3 heterocycles. The van der Waals surface area contributed by atoms with E-state index in [-0.39, 0.29) is 5.56 Å². The highest BCUT2D eigenvalue weighted by Crippen LogP contribution is 2.29. The second-order valence-electron chi connectivity index (χ2n) is 8.40. The van der Waals surface area contributed by atoms with Crippen LogP contribution in [-0.4, -0.2) is 59.0 Å². The van der Waals surface area contributed by atoms with E-state index in [9.17, 15) is 4.79 Å². The van der Waals surface area contributed by atoms with Gasteiger partial charge in [-0.15, -0.1) is 0 Å². The molecule has 0 unspecified atom stereocenters. The standard InChI is InChI=1S/C25H27N7O/c1-31-11-13-32(14-12-31)19-9-7-18(8-10-19)29-25-21(24(26)33)23-22(27-16-28-23)20(30-25)15-17-5-3-2-4-6-17/h2-10,16H,11-15H2,1H3,(H2,26,33)(H,27,28)(H,29,30). The molecule has 0 aliphatic carbocycles. The number of rotatable bonds is 6. The highest BCUT2D eigenvalue weighted by molar-refractivity contribution is 6.09. The number of nitrogens with zero attached hydrogens (tertiary/aromatic N) is 4. The van der Waals surface area contributed by atoms with Crippen molar-refractivity contribution in [2.45, 2.75) is 6.42 Å². The van der Waals surface area contributed by atoms with Crippen LogP contribution in [0.25, 0.3) is 11.0 Å². The summed E-state index contributed by atoms with van der Waals surface area (Å²) in [5, 5.41) is 3.31. The van der Waals surface area contributed by atoms with E-state index < -0.39 is 5.91 Å². The summed E-state index contributed by atoms with van der Waals surface area (Å²) < 4.78 is 0. The number of nitrogens with one attached hydrogen (secondary N) is 2. The minimum Gasteiger partial charge on any atom is -0.369 e. The fourth-order valence-corrected chi connectivity index (χ4v) is 4.26. The largest absolute Gasteiger partial charge is 0.369 e. The Kier molecular flexibility index (Phi) is 5.66. The van der Waals surface area contributed by atoms with Crippen molar-refractivity contribution < 1.29 is 4.79 Å². The predicted molar refractivity (Wildman–Crippen MR) is 131 cm³/mol. The van der Waals surface area contributed by atoms with Crippen LogP contribution in [0.2, 0.25) is 0 Å². The van der Waals surface area contributed by atoms with Gasteiger partial charge in [-0.2, -0.15) is 0 Å². The maximum absolute atomic E-state index is 12.4. The molecule has 4 aromatic rings. The maximum Gasteiger partial charge on any atom is 0.254 e. The molecular weight excluding hydrogens is 414 g/mol. The van der Waals surface area contributed by atoms with Crippen molar-refractivity contribution in [3.05, 3.63) is 77.7 Å². The fourth-order valence-electron chi connectivity index (χ4n) is 4.26. The number of benzene rings is 2. The highest BCUT2D eigenvalue weighted by atomic mass is 16.1. The third kappa shape index (κ3) is 4.38. The van der Waals surface area contributed by atoms with Crippen LogP contribution in [0.3, 0.4) is 0 Å². The van der Waals surface area contributed by atoms with Crippen LogP contribution in [0.15, 0.2) is 60.9 Å². The Morgan fingerprint density at radius 2 is 1.79 bits per heavy atom. The van der Waals surface area contributed by atoms with E-state index in [1.165, 1.54) is 5.69 Å². The summed E-state index contributed by atoms with van der Waals surface area (Å²) in [5.74, 6) is -0.150. The number of hydrogen-bond donors (Lipinski definition) is 3. The van der Waals surface area contributed by atoms with Crippen LogP contribution in [0.5, 0.6) is 0 Å². The van der Waals surface area contributed by atoms with Crippen molar-refractivity contribution >= 4 is 34.1 Å². The molecule has 8 nitrogen and oxygen atoms in total. The zero-order valence-electron chi connectivity index (χ0n) is 18.6. The zero-order chi connectivity index (χ0) is 22.8. The van der Waals surface area contributed by atoms with Gasteiger partial charge in [-0.25, -0.2) is 9.97 Å². The number of fused-ring (bicyclic) bond motifs is 1. The second-order valence-corrected chi connectivity index (χ2v) is 8.40. The molecule has 2 aromatic heterocycles. The van der Waals surface area contributed by atoms with Crippen molar-refractivity contribution in [2.75, 3.05) is 43.4 Å². The Labute approximate surface area is 192 Å². The van der Waals surface area contributed by atoms with Gasteiger partial charge in [-0.1, -0.05) is 30.3 Å². The third-order valence-electron chi connectivity index (χ3n) is 6.11. The molecule has 168 valence electrons. The molecule has 0 radical (unpaired) electrons. The highest BCUT2D eigenvalue weighted by Gasteiger charge is 2.21. The minimum absolute atomic E-state index is 0.284. The molecule has 8 heteroatoms. The van der Waals surface area contributed by atoms with Gasteiger partial charge in [0.05, 0.1) is 17.5 Å². The first kappa shape index (κ1) is 21.0. The van der Waals surface area contributed by atoms with E-state index in [1.54, 1.807) is 6.33 Å². The summed E-state index contributed by atoms with van der Waals surface area (Å²) in [5.41, 5.74) is 11.2. The summed E-state index contributed by atoms with van der Waals surface area (Å²) in [6, 6.07) is 18.3. The van der Waals surface area contributed by atoms with Crippen molar-refractivity contribution in [3.63, 3.8) is 0 Å². The minimum atomic E-state index is -0.567. The van der Waals surface area contributed by atoms with Gasteiger partial charge in [-0.3, -0.25) is 4.79 Å². The van der Waals surface area contributed by atoms with E-state index in [0.29, 0.717) is 17.8 Å². The van der Waals surface area contributed by atoms with Gasteiger partial charge in [0.1, 0.15) is 16.9 Å². The number of likely N-dealkylation sites (N-methyl/N-ethyl adjacent to an activating group) is 1. The molecule has 5 rings (SSSR count). The maximum atomic E-state index is 12.4. The smallest absolute Gasteiger partial charge is 0.254 e. The fraction of sp³-hybridized carbons (Fsp3) is 0.240. The molecule has 1 amide bonds. The lowest BCUT2D eigenvalue weighted by Gasteiger charge is -2.34. The van der Waals surface area contributed by atoms with Crippen molar-refractivity contribution in [2.24, 2.45) is 5.73 Å². The Morgan fingerprint density at radius 3 is 2.48 bits per heavy atom. The molecule has 1 fully saturated rings. The van der Waals surface area contributed by atoms with Crippen LogP contribution < -0.4 is 16.0 Å². The van der Waals surface area contributed by atoms with Gasteiger partial charge in [-0.05, 0) is 36.9 Å². The first-order valence-corrected chi connectivity index (χ1v) is 11.1. The molecule has 4 N–H and O–H groups in total. The average molecular weight is 442 g/mol. The Morgan fingerprint density at radius 1 is 1.06 bits per heavy atom. The van der Waals surface area contributed by atoms with Crippen LogP contribution in [0.1, 0.15) is 21.6 Å². The third-order valence-corrected chi connectivity index (χ3v) is 6.11. The number of amides is 1. The lowest BCUT2D eigenvalue weighted by Crippen LogP contribution is -2.44. The van der Waals surface area contributed by atoms with Gasteiger partial charge >= 0.3 is 0 Å². The van der Waals surface area contributed by atoms with Gasteiger partial charge in [0, 0.05) is 44.0 Å². The van der Waals surface area contributed by atoms with Crippen LogP contribution in [-0.2, 0) is 6.42 Å². The molecule has 1 aliphatic heterocycles. The van der Waals surface area contributed by atoms with E-state index in [4.69, 9.17) is 10.7 Å². The van der Waals surface area contributed by atoms with Crippen LogP contribution >= 0.6 is 0 Å². The normalized spacial score (nSPS) is 14.5. The Hall–Kier alpha value is -3.91. The zero-order valence-corrected chi connectivity index (χ0v) is 18.6. The van der Waals surface area contributed by atoms with Gasteiger partial charge < -0.3 is 25.8 Å². The van der Waals surface area contributed by atoms with Crippen LogP contribution in [0, 0.1) is 0 Å². The van der Waals surface area contributed by atoms with Crippen LogP contribution in [0.4, 0.5) is 17.2 Å². The number of anilines is 3. The molecule has 2 aromatic carbocycles. The number of pyridine rings is 1. The number of nitrogens with two attached hydrogens (primary N) is 1. The number of carbonyl (C=O) groups is 1. The predicted octanol–water partition coefficient (Wildman–Crippen LogP) is 3.14. The quantitative estimate of drug-likeness (QED) is 0.425. The van der Waals surface area contributed by atoms with Gasteiger partial charge in [0.15, 0.2) is 0 Å². The molecule has 0 spiro atoms. The number of H-pyrrole nitrogens is 1. The van der Waals surface area contributed by atoms with E-state index in [2.05, 4.69) is 56.4 Å². The number of piperazine rings is 1. The summed E-state index contributed by atoms with van der Waals surface area (Å²) in [7, 11) is 2.15. The summed E-state index contributed by atoms with van der Waals surface area (Å²) in [4.78, 5) is 29.4. The average Bonchev–Trinajstić information content (AvgIpc) is 3.31. The van der Waals surface area contributed by atoms with Crippen molar-refractivity contribution in [1.29, 1.82) is 0 Å². The second kappa shape index (κ2) is 8.91. The van der Waals surface area contributed by atoms with E-state index in [0.717, 1.165) is 48.6 Å². The first-order chi connectivity index (χ1) is 16.1. The van der Waals surface area contributed by atoms with E-state index in [1.807, 2.05) is 30.3 Å². The molecule has 1 saturated heterocycles. The molecule has 33 heavy (non-hydrogen) atoms. The summed E-state index contributed by atoms with van der Waals surface area (Å²) in [6.45, 7) is 4.13. The topological polar surface area (TPSA) is 103 Å². The molecule has 0 bridgehead atoms. The molecular formula is C25H27N7O. The van der Waals surface area contributed by atoms with Gasteiger partial charge in [0.2, 0.25) is 0 Å². The Bertz CT molecular complexity index is 1260. The summed E-state index contributed by atoms with van der Waals surface area (Å²) >= 11 is 0.